The average molecular weight is 263 g/mol. The minimum absolute atomic E-state index is 0.148. The summed E-state index contributed by atoms with van der Waals surface area (Å²) in [5.41, 5.74) is 0. The Labute approximate surface area is 104 Å². The zero-order valence-electron chi connectivity index (χ0n) is 10.0. The highest BCUT2D eigenvalue weighted by molar-refractivity contribution is 5.69. The Balaban J connectivity index is 1.86. The van der Waals surface area contributed by atoms with Crippen LogP contribution in [-0.2, 0) is 23.8 Å². The van der Waals surface area contributed by atoms with Crippen LogP contribution >= 0.6 is 0 Å². The van der Waals surface area contributed by atoms with Crippen molar-refractivity contribution in [3.63, 3.8) is 0 Å². The van der Waals surface area contributed by atoms with Gasteiger partial charge in [0.25, 0.3) is 0 Å². The van der Waals surface area contributed by atoms with Crippen molar-refractivity contribution >= 4 is 5.97 Å². The largest absolute Gasteiger partial charge is 0.457 e. The molecule has 2 aliphatic rings. The Kier molecular flexibility index (Phi) is 4.49. The van der Waals surface area contributed by atoms with E-state index in [2.05, 4.69) is 4.84 Å². The molecule has 8 heteroatoms. The van der Waals surface area contributed by atoms with Gasteiger partial charge in [-0.25, -0.2) is 4.84 Å². The van der Waals surface area contributed by atoms with Crippen molar-refractivity contribution in [3.8, 4) is 0 Å². The topological polar surface area (TPSA) is 97.7 Å². The zero-order valence-corrected chi connectivity index (χ0v) is 10.0. The van der Waals surface area contributed by atoms with E-state index in [-0.39, 0.29) is 24.6 Å². The normalized spacial score (nSPS) is 34.9. The third kappa shape index (κ3) is 2.97. The second kappa shape index (κ2) is 5.91. The number of rotatable bonds is 5. The van der Waals surface area contributed by atoms with Crippen molar-refractivity contribution in [3.05, 3.63) is 0 Å². The summed E-state index contributed by atoms with van der Waals surface area (Å²) in [6.45, 7) is 2.26. The number of hydrogen-bond acceptors (Lipinski definition) is 8. The SMILES string of the molecule is CCCC(=O)OC1COC2C(ON(O)O)COC12. The van der Waals surface area contributed by atoms with Crippen LogP contribution in [0.15, 0.2) is 0 Å². The van der Waals surface area contributed by atoms with Gasteiger partial charge in [0.1, 0.15) is 18.3 Å². The van der Waals surface area contributed by atoms with Crippen molar-refractivity contribution in [1.29, 1.82) is 0 Å². The van der Waals surface area contributed by atoms with Gasteiger partial charge in [0.2, 0.25) is 0 Å². The summed E-state index contributed by atoms with van der Waals surface area (Å²) in [6.07, 6.45) is -0.901. The summed E-state index contributed by atoms with van der Waals surface area (Å²) < 4.78 is 16.0. The molecule has 0 aromatic rings. The molecule has 0 aromatic carbocycles. The number of carbonyl (C=O) groups excluding carboxylic acids is 1. The van der Waals surface area contributed by atoms with Crippen molar-refractivity contribution in [1.82, 2.24) is 5.39 Å². The monoisotopic (exact) mass is 263 g/mol. The second-order valence-electron chi connectivity index (χ2n) is 4.27. The lowest BCUT2D eigenvalue weighted by Gasteiger charge is -2.17. The summed E-state index contributed by atoms with van der Waals surface area (Å²) in [5.74, 6) is -0.286. The first-order valence-electron chi connectivity index (χ1n) is 5.89. The number of esters is 1. The van der Waals surface area contributed by atoms with E-state index < -0.39 is 24.4 Å². The van der Waals surface area contributed by atoms with E-state index in [1.807, 2.05) is 6.92 Å². The molecule has 0 spiro atoms. The molecule has 2 fully saturated rings. The zero-order chi connectivity index (χ0) is 13.1. The summed E-state index contributed by atoms with van der Waals surface area (Å²) in [7, 11) is 0. The lowest BCUT2D eigenvalue weighted by Crippen LogP contribution is -2.37. The first-order chi connectivity index (χ1) is 8.61. The Bertz CT molecular complexity index is 298. The molecular formula is C10H17NO7. The number of carbonyl (C=O) groups is 1. The molecule has 2 N–H and O–H groups in total. The van der Waals surface area contributed by atoms with Crippen LogP contribution in [0.2, 0.25) is 0 Å². The van der Waals surface area contributed by atoms with Crippen LogP contribution in [0.3, 0.4) is 0 Å². The quantitative estimate of drug-likeness (QED) is 0.523. The van der Waals surface area contributed by atoms with Gasteiger partial charge in [0.15, 0.2) is 6.10 Å². The third-order valence-electron chi connectivity index (χ3n) is 2.93. The minimum Gasteiger partial charge on any atom is -0.457 e. The summed E-state index contributed by atoms with van der Waals surface area (Å²) in [4.78, 5) is 16.1. The van der Waals surface area contributed by atoms with Gasteiger partial charge in [-0.05, 0) is 6.42 Å². The predicted octanol–water partition coefficient (Wildman–Crippen LogP) is -0.123. The van der Waals surface area contributed by atoms with Crippen LogP contribution in [0.1, 0.15) is 19.8 Å². The molecule has 104 valence electrons. The molecule has 4 atom stereocenters. The molecule has 8 nitrogen and oxygen atoms in total. The summed E-state index contributed by atoms with van der Waals surface area (Å²) in [6, 6.07) is 0. The van der Waals surface area contributed by atoms with Crippen LogP contribution in [0, 0.1) is 0 Å². The van der Waals surface area contributed by atoms with Gasteiger partial charge in [-0.3, -0.25) is 15.2 Å². The van der Waals surface area contributed by atoms with Gasteiger partial charge in [-0.2, -0.15) is 0 Å². The van der Waals surface area contributed by atoms with Gasteiger partial charge < -0.3 is 14.2 Å². The van der Waals surface area contributed by atoms with Crippen LogP contribution in [0.25, 0.3) is 0 Å². The Hall–Kier alpha value is -0.770. The number of nitrogens with zero attached hydrogens (tertiary/aromatic N) is 1. The molecule has 2 aliphatic heterocycles. The molecule has 18 heavy (non-hydrogen) atoms. The molecule has 0 saturated carbocycles. The lowest BCUT2D eigenvalue weighted by atomic mass is 10.1. The van der Waals surface area contributed by atoms with Crippen LogP contribution in [0.5, 0.6) is 0 Å². The van der Waals surface area contributed by atoms with Gasteiger partial charge >= 0.3 is 5.97 Å². The highest BCUT2D eigenvalue weighted by Gasteiger charge is 2.50. The fraction of sp³-hybridized carbons (Fsp3) is 0.900. The molecule has 0 aromatic heterocycles. The van der Waals surface area contributed by atoms with E-state index in [1.165, 1.54) is 0 Å². The molecule has 2 heterocycles. The molecule has 2 rings (SSSR count). The van der Waals surface area contributed by atoms with Gasteiger partial charge in [0.05, 0.1) is 18.6 Å². The van der Waals surface area contributed by atoms with Crippen LogP contribution in [-0.4, -0.2) is 59.4 Å². The maximum absolute atomic E-state index is 11.4. The van der Waals surface area contributed by atoms with Gasteiger partial charge in [0, 0.05) is 6.42 Å². The van der Waals surface area contributed by atoms with Crippen molar-refractivity contribution in [2.45, 2.75) is 44.2 Å². The number of fused-ring (bicyclic) bond motifs is 1. The van der Waals surface area contributed by atoms with Gasteiger partial charge in [-0.1, -0.05) is 6.92 Å². The minimum atomic E-state index is -0.625. The summed E-state index contributed by atoms with van der Waals surface area (Å²) >= 11 is 0. The van der Waals surface area contributed by atoms with Gasteiger partial charge in [-0.15, -0.1) is 0 Å². The molecule has 0 amide bonds. The van der Waals surface area contributed by atoms with Crippen molar-refractivity contribution in [2.24, 2.45) is 0 Å². The number of hydrogen-bond donors (Lipinski definition) is 2. The molecule has 0 aliphatic carbocycles. The van der Waals surface area contributed by atoms with E-state index in [1.54, 1.807) is 0 Å². The van der Waals surface area contributed by atoms with Crippen LogP contribution < -0.4 is 0 Å². The molecule has 2 saturated heterocycles. The Morgan fingerprint density at radius 2 is 1.89 bits per heavy atom. The Morgan fingerprint density at radius 3 is 2.50 bits per heavy atom. The lowest BCUT2D eigenvalue weighted by molar-refractivity contribution is -0.507. The van der Waals surface area contributed by atoms with Crippen LogP contribution in [0.4, 0.5) is 0 Å². The fourth-order valence-corrected chi connectivity index (χ4v) is 2.17. The smallest absolute Gasteiger partial charge is 0.306 e. The third-order valence-corrected chi connectivity index (χ3v) is 2.93. The molecule has 0 radical (unpaired) electrons. The first-order valence-corrected chi connectivity index (χ1v) is 5.89. The molecule has 0 bridgehead atoms. The van der Waals surface area contributed by atoms with Crippen molar-refractivity contribution < 1.29 is 34.3 Å². The maximum atomic E-state index is 11.4. The first kappa shape index (κ1) is 13.7. The average Bonchev–Trinajstić information content (AvgIpc) is 2.83. The predicted molar refractivity (Wildman–Crippen MR) is 54.6 cm³/mol. The Morgan fingerprint density at radius 1 is 1.28 bits per heavy atom. The standard InChI is InChI=1S/C10H17NO7/c1-2-3-8(12)17-6-4-15-10-7(18-11(13)14)5-16-9(6)10/h6-7,9-10,13-14H,2-5H2,1H3. The van der Waals surface area contributed by atoms with E-state index in [9.17, 15) is 4.79 Å². The van der Waals surface area contributed by atoms with E-state index in [0.29, 0.717) is 6.42 Å². The van der Waals surface area contributed by atoms with E-state index in [4.69, 9.17) is 24.6 Å². The fourth-order valence-electron chi connectivity index (χ4n) is 2.17. The molecular weight excluding hydrogens is 246 g/mol. The summed E-state index contributed by atoms with van der Waals surface area (Å²) in [5, 5.41) is 16.8. The van der Waals surface area contributed by atoms with Crippen molar-refractivity contribution in [2.75, 3.05) is 13.2 Å². The number of ether oxygens (including phenoxy) is 3. The maximum Gasteiger partial charge on any atom is 0.306 e. The highest BCUT2D eigenvalue weighted by atomic mass is 17.1. The highest BCUT2D eigenvalue weighted by Crippen LogP contribution is 2.30. The van der Waals surface area contributed by atoms with E-state index in [0.717, 1.165) is 6.42 Å². The second-order valence-corrected chi connectivity index (χ2v) is 4.27. The van der Waals surface area contributed by atoms with E-state index >= 15 is 0 Å². The molecule has 4 unspecified atom stereocenters.